The number of para-hydroxylation sites is 1. The van der Waals surface area contributed by atoms with Gasteiger partial charge in [0.15, 0.2) is 0 Å². The van der Waals surface area contributed by atoms with Gasteiger partial charge in [-0.25, -0.2) is 4.98 Å². The number of rotatable bonds is 10. The fourth-order valence-electron chi connectivity index (χ4n) is 3.84. The first-order chi connectivity index (χ1) is 16.9. The van der Waals surface area contributed by atoms with E-state index in [0.29, 0.717) is 32.2 Å². The second-order valence-corrected chi connectivity index (χ2v) is 8.29. The summed E-state index contributed by atoms with van der Waals surface area (Å²) in [6, 6.07) is 5.24. The zero-order valence-electron chi connectivity index (χ0n) is 18.8. The summed E-state index contributed by atoms with van der Waals surface area (Å²) in [5.41, 5.74) is -0.218. The third-order valence-electron chi connectivity index (χ3n) is 5.60. The van der Waals surface area contributed by atoms with Crippen molar-refractivity contribution in [1.29, 1.82) is 0 Å². The van der Waals surface area contributed by atoms with Crippen molar-refractivity contribution in [1.82, 2.24) is 15.3 Å². The number of nitrogens with zero attached hydrogens (tertiary/aromatic N) is 3. The summed E-state index contributed by atoms with van der Waals surface area (Å²) in [5, 5.41) is 19.5. The van der Waals surface area contributed by atoms with E-state index in [1.807, 2.05) is 0 Å². The molecule has 0 atom stereocenters. The molecule has 0 radical (unpaired) electrons. The van der Waals surface area contributed by atoms with Gasteiger partial charge in [-0.15, -0.1) is 13.2 Å². The van der Waals surface area contributed by atoms with E-state index in [9.17, 15) is 36.5 Å². The fraction of sp³-hybridized carbons (Fsp3) is 0.524. The lowest BCUT2D eigenvalue weighted by atomic mass is 9.86. The van der Waals surface area contributed by atoms with Crippen molar-refractivity contribution in [3.63, 3.8) is 0 Å². The highest BCUT2D eigenvalue weighted by atomic mass is 19.4. The van der Waals surface area contributed by atoms with Gasteiger partial charge in [-0.2, -0.15) is 18.2 Å². The molecular formula is C21H24F6N6O3. The normalized spacial score (nSPS) is 18.5. The molecular weight excluding hydrogens is 498 g/mol. The van der Waals surface area contributed by atoms with Gasteiger partial charge in [-0.1, -0.05) is 18.2 Å². The summed E-state index contributed by atoms with van der Waals surface area (Å²) in [6.45, 7) is -0.875. The molecule has 0 saturated heterocycles. The number of aromatic nitrogens is 2. The van der Waals surface area contributed by atoms with Gasteiger partial charge in [-0.05, 0) is 37.7 Å². The maximum Gasteiger partial charge on any atom is 0.573 e. The van der Waals surface area contributed by atoms with Crippen LogP contribution in [-0.4, -0.2) is 46.6 Å². The Kier molecular flexibility index (Phi) is 8.76. The van der Waals surface area contributed by atoms with E-state index in [0.717, 1.165) is 12.3 Å². The molecule has 9 nitrogen and oxygen atoms in total. The average molecular weight is 522 g/mol. The first-order valence-corrected chi connectivity index (χ1v) is 11.0. The van der Waals surface area contributed by atoms with Crippen molar-refractivity contribution in [2.24, 2.45) is 5.92 Å². The Bertz CT molecular complexity index is 1030. The minimum atomic E-state index is -4.87. The molecule has 198 valence electrons. The van der Waals surface area contributed by atoms with Crippen LogP contribution in [0.25, 0.3) is 0 Å². The van der Waals surface area contributed by atoms with Crippen LogP contribution in [0.2, 0.25) is 0 Å². The lowest BCUT2D eigenvalue weighted by molar-refractivity contribution is -0.384. The average Bonchev–Trinajstić information content (AvgIpc) is 2.80. The smallest absolute Gasteiger partial charge is 0.405 e. The van der Waals surface area contributed by atoms with Crippen LogP contribution in [0, 0.1) is 16.0 Å². The molecule has 0 amide bonds. The molecule has 3 N–H and O–H groups in total. The highest BCUT2D eigenvalue weighted by Crippen LogP contribution is 2.29. The predicted octanol–water partition coefficient (Wildman–Crippen LogP) is 5.02. The highest BCUT2D eigenvalue weighted by molar-refractivity contribution is 5.57. The van der Waals surface area contributed by atoms with Gasteiger partial charge in [0, 0.05) is 24.7 Å². The number of nitrogens with one attached hydrogen (secondary N) is 3. The number of anilines is 2. The maximum absolute atomic E-state index is 12.6. The number of nitro groups is 1. The van der Waals surface area contributed by atoms with E-state index in [2.05, 4.69) is 30.7 Å². The predicted molar refractivity (Wildman–Crippen MR) is 117 cm³/mol. The second kappa shape index (κ2) is 11.6. The summed E-state index contributed by atoms with van der Waals surface area (Å²) in [7, 11) is 0. The van der Waals surface area contributed by atoms with E-state index in [-0.39, 0.29) is 41.5 Å². The molecule has 3 rings (SSSR count). The Morgan fingerprint density at radius 2 is 1.75 bits per heavy atom. The molecule has 1 fully saturated rings. The summed E-state index contributed by atoms with van der Waals surface area (Å²) in [5.74, 6) is -0.455. The van der Waals surface area contributed by atoms with Crippen LogP contribution in [0.15, 0.2) is 30.5 Å². The summed E-state index contributed by atoms with van der Waals surface area (Å²) in [4.78, 5) is 18.7. The van der Waals surface area contributed by atoms with Crippen molar-refractivity contribution in [2.75, 3.05) is 23.7 Å². The molecule has 0 unspecified atom stereocenters. The van der Waals surface area contributed by atoms with E-state index in [1.54, 1.807) is 0 Å². The molecule has 0 bridgehead atoms. The molecule has 1 saturated carbocycles. The van der Waals surface area contributed by atoms with Gasteiger partial charge in [0.05, 0.1) is 11.5 Å². The van der Waals surface area contributed by atoms with Gasteiger partial charge >= 0.3 is 18.2 Å². The third-order valence-corrected chi connectivity index (χ3v) is 5.60. The van der Waals surface area contributed by atoms with E-state index >= 15 is 0 Å². The summed E-state index contributed by atoms with van der Waals surface area (Å²) < 4.78 is 79.0. The molecule has 2 aromatic rings. The standard InChI is InChI=1S/C21H24F6N6O3/c22-20(23,24)12-31-15-7-5-13(6-8-15)9-28-18-16(33(34)35)11-30-19(32-18)29-10-14-3-1-2-4-17(14)36-21(25,26)27/h1-4,11,13,15,31H,5-10,12H2,(H2,28,29,30,32). The van der Waals surface area contributed by atoms with Crippen LogP contribution in [0.4, 0.5) is 43.8 Å². The highest BCUT2D eigenvalue weighted by Gasteiger charge is 2.32. The van der Waals surface area contributed by atoms with Crippen LogP contribution in [0.3, 0.4) is 0 Å². The lowest BCUT2D eigenvalue weighted by Crippen LogP contribution is -2.39. The van der Waals surface area contributed by atoms with Crippen molar-refractivity contribution in [3.05, 3.63) is 46.1 Å². The van der Waals surface area contributed by atoms with Gasteiger partial charge in [0.2, 0.25) is 11.8 Å². The Hall–Kier alpha value is -3.36. The SMILES string of the molecule is O=[N+]([O-])c1cnc(NCc2ccccc2OC(F)(F)F)nc1NCC1CCC(NCC(F)(F)F)CC1. The molecule has 0 spiro atoms. The molecule has 36 heavy (non-hydrogen) atoms. The maximum atomic E-state index is 12.6. The zero-order chi connectivity index (χ0) is 26.3. The molecule has 1 aliphatic carbocycles. The van der Waals surface area contributed by atoms with E-state index in [1.165, 1.54) is 18.2 Å². The lowest BCUT2D eigenvalue weighted by Gasteiger charge is -2.29. The van der Waals surface area contributed by atoms with Gasteiger partial charge in [-0.3, -0.25) is 10.1 Å². The van der Waals surface area contributed by atoms with Crippen LogP contribution in [-0.2, 0) is 6.54 Å². The summed E-state index contributed by atoms with van der Waals surface area (Å²) in [6.07, 6.45) is -5.83. The topological polar surface area (TPSA) is 114 Å². The Morgan fingerprint density at radius 3 is 2.39 bits per heavy atom. The number of hydrogen-bond donors (Lipinski definition) is 3. The molecule has 1 aromatic heterocycles. The third kappa shape index (κ3) is 8.70. The second-order valence-electron chi connectivity index (χ2n) is 8.29. The minimum absolute atomic E-state index is 0.0510. The van der Waals surface area contributed by atoms with Gasteiger partial charge < -0.3 is 20.7 Å². The van der Waals surface area contributed by atoms with Crippen molar-refractivity contribution in [2.45, 2.75) is 50.8 Å². The van der Waals surface area contributed by atoms with E-state index < -0.39 is 29.8 Å². The molecule has 15 heteroatoms. The van der Waals surface area contributed by atoms with Gasteiger partial charge in [0.1, 0.15) is 11.9 Å². The monoisotopic (exact) mass is 522 g/mol. The number of benzene rings is 1. The Balaban J connectivity index is 1.59. The quantitative estimate of drug-likeness (QED) is 0.227. The van der Waals surface area contributed by atoms with Crippen LogP contribution >= 0.6 is 0 Å². The Labute approximate surface area is 201 Å². The number of hydrogen-bond acceptors (Lipinski definition) is 8. The van der Waals surface area contributed by atoms with Crippen LogP contribution in [0.1, 0.15) is 31.2 Å². The number of halogens is 6. The Morgan fingerprint density at radius 1 is 1.06 bits per heavy atom. The van der Waals surface area contributed by atoms with Crippen molar-refractivity contribution < 1.29 is 36.0 Å². The molecule has 1 heterocycles. The molecule has 1 aliphatic rings. The van der Waals surface area contributed by atoms with Crippen molar-refractivity contribution in [3.8, 4) is 5.75 Å². The first kappa shape index (κ1) is 27.2. The van der Waals surface area contributed by atoms with Crippen LogP contribution in [0.5, 0.6) is 5.75 Å². The fourth-order valence-corrected chi connectivity index (χ4v) is 3.84. The first-order valence-electron chi connectivity index (χ1n) is 11.0. The summed E-state index contributed by atoms with van der Waals surface area (Å²) >= 11 is 0. The minimum Gasteiger partial charge on any atom is -0.405 e. The van der Waals surface area contributed by atoms with Gasteiger partial charge in [0.25, 0.3) is 0 Å². The number of ether oxygens (including phenoxy) is 1. The zero-order valence-corrected chi connectivity index (χ0v) is 18.8. The molecule has 1 aromatic carbocycles. The van der Waals surface area contributed by atoms with Crippen molar-refractivity contribution >= 4 is 17.5 Å². The van der Waals surface area contributed by atoms with E-state index in [4.69, 9.17) is 0 Å². The number of alkyl halides is 6. The molecule has 0 aliphatic heterocycles. The van der Waals surface area contributed by atoms with Crippen LogP contribution < -0.4 is 20.7 Å². The largest absolute Gasteiger partial charge is 0.573 e.